The first-order valence-corrected chi connectivity index (χ1v) is 6.04. The third-order valence-corrected chi connectivity index (χ3v) is 3.12. The molecule has 0 aromatic heterocycles. The van der Waals surface area contributed by atoms with E-state index in [0.717, 1.165) is 11.1 Å². The van der Waals surface area contributed by atoms with Crippen LogP contribution in [-0.2, 0) is 21.7 Å². The Morgan fingerprint density at radius 2 is 1.52 bits per heavy atom. The summed E-state index contributed by atoms with van der Waals surface area (Å²) in [7, 11) is 0. The van der Waals surface area contributed by atoms with Crippen molar-refractivity contribution >= 4 is 10.8 Å². The van der Waals surface area contributed by atoms with Gasteiger partial charge < -0.3 is 29.9 Å². The Labute approximate surface area is 153 Å². The summed E-state index contributed by atoms with van der Waals surface area (Å²) in [5, 5.41) is 11.8. The second-order valence-electron chi connectivity index (χ2n) is 4.37. The van der Waals surface area contributed by atoms with Crippen molar-refractivity contribution in [1.29, 1.82) is 0 Å². The minimum absolute atomic E-state index is 0. The molecule has 21 heavy (non-hydrogen) atoms. The van der Waals surface area contributed by atoms with Gasteiger partial charge in [0.1, 0.15) is 5.75 Å². The third-order valence-electron chi connectivity index (χ3n) is 3.12. The second-order valence-corrected chi connectivity index (χ2v) is 4.37. The SMILES string of the molecule is Cc1cccc(O)c1C.[Cl-].[Cl-].[Ti+3].c1ccc2[cH-]ccc2c1. The Morgan fingerprint density at radius 1 is 0.857 bits per heavy atom. The van der Waals surface area contributed by atoms with Gasteiger partial charge in [-0.2, -0.15) is 17.5 Å². The van der Waals surface area contributed by atoms with E-state index in [-0.39, 0.29) is 46.5 Å². The van der Waals surface area contributed by atoms with Gasteiger partial charge in [0.2, 0.25) is 0 Å². The summed E-state index contributed by atoms with van der Waals surface area (Å²) in [6.45, 7) is 3.89. The standard InChI is InChI=1S/C9H7.C8H10O.2ClH.Ti/c1-2-5-9-7-3-6-8(9)4-1;1-6-4-3-5-8(9)7(6)2;;;/h1-7H;3-5,9H,1-2H3;2*1H;/q-1;;;;+3/p-2. The van der Waals surface area contributed by atoms with Gasteiger partial charge >= 0.3 is 21.7 Å². The number of aryl methyl sites for hydroxylation is 1. The maximum atomic E-state index is 9.10. The maximum absolute atomic E-state index is 9.10. The molecule has 0 saturated heterocycles. The molecule has 0 fully saturated rings. The summed E-state index contributed by atoms with van der Waals surface area (Å²) in [6.07, 6.45) is 0. The molecule has 1 nitrogen and oxygen atoms in total. The Kier molecular flexibility index (Phi) is 11.5. The predicted octanol–water partition coefficient (Wildman–Crippen LogP) is -1.43. The third kappa shape index (κ3) is 6.19. The smallest absolute Gasteiger partial charge is 1.00 e. The molecule has 3 aromatic carbocycles. The van der Waals surface area contributed by atoms with Crippen LogP contribution in [0.5, 0.6) is 5.75 Å². The van der Waals surface area contributed by atoms with Gasteiger partial charge in [0.25, 0.3) is 0 Å². The average Bonchev–Trinajstić information content (AvgIpc) is 2.85. The number of halogens is 2. The summed E-state index contributed by atoms with van der Waals surface area (Å²) in [5.41, 5.74) is 2.10. The summed E-state index contributed by atoms with van der Waals surface area (Å²) in [4.78, 5) is 0. The van der Waals surface area contributed by atoms with Gasteiger partial charge in [-0.1, -0.05) is 18.2 Å². The molecule has 0 unspecified atom stereocenters. The van der Waals surface area contributed by atoms with E-state index >= 15 is 0 Å². The first kappa shape index (κ1) is 22.4. The average molecular weight is 356 g/mol. The van der Waals surface area contributed by atoms with Crippen LogP contribution in [0.1, 0.15) is 11.1 Å². The molecular weight excluding hydrogens is 339 g/mol. The molecule has 0 spiro atoms. The number of hydrogen-bond donors (Lipinski definition) is 1. The molecule has 0 heterocycles. The van der Waals surface area contributed by atoms with E-state index < -0.39 is 0 Å². The van der Waals surface area contributed by atoms with E-state index in [9.17, 15) is 0 Å². The van der Waals surface area contributed by atoms with Crippen LogP contribution in [-0.4, -0.2) is 5.11 Å². The molecule has 0 aliphatic rings. The number of hydrogen-bond acceptors (Lipinski definition) is 1. The van der Waals surface area contributed by atoms with E-state index in [1.54, 1.807) is 6.07 Å². The largest absolute Gasteiger partial charge is 3.00 e. The van der Waals surface area contributed by atoms with Crippen molar-refractivity contribution in [2.24, 2.45) is 0 Å². The van der Waals surface area contributed by atoms with E-state index in [1.165, 1.54) is 10.8 Å². The molecule has 3 rings (SSSR count). The van der Waals surface area contributed by atoms with Crippen LogP contribution in [0.3, 0.4) is 0 Å². The van der Waals surface area contributed by atoms with E-state index in [4.69, 9.17) is 5.11 Å². The van der Waals surface area contributed by atoms with E-state index in [0.29, 0.717) is 5.75 Å². The van der Waals surface area contributed by atoms with Crippen molar-refractivity contribution in [3.05, 3.63) is 71.8 Å². The van der Waals surface area contributed by atoms with Gasteiger partial charge in [-0.3, -0.25) is 0 Å². The fraction of sp³-hybridized carbons (Fsp3) is 0.118. The number of rotatable bonds is 0. The zero-order chi connectivity index (χ0) is 13.0. The first-order valence-electron chi connectivity index (χ1n) is 6.04. The summed E-state index contributed by atoms with van der Waals surface area (Å²) < 4.78 is 0. The second kappa shape index (κ2) is 10.8. The van der Waals surface area contributed by atoms with Crippen molar-refractivity contribution in [3.8, 4) is 5.75 Å². The molecule has 3 aromatic rings. The van der Waals surface area contributed by atoms with Gasteiger partial charge in [-0.25, -0.2) is 0 Å². The zero-order valence-corrected chi connectivity index (χ0v) is 15.1. The number of phenols is 1. The minimum Gasteiger partial charge on any atom is -1.00 e. The fourth-order valence-corrected chi connectivity index (χ4v) is 1.81. The maximum Gasteiger partial charge on any atom is 3.00 e. The molecule has 4 heteroatoms. The molecule has 0 amide bonds. The van der Waals surface area contributed by atoms with Gasteiger partial charge in [0.05, 0.1) is 0 Å². The van der Waals surface area contributed by atoms with E-state index in [1.807, 2.05) is 26.0 Å². The summed E-state index contributed by atoms with van der Waals surface area (Å²) in [5.74, 6) is 0.384. The van der Waals surface area contributed by atoms with Crippen LogP contribution in [0.4, 0.5) is 0 Å². The van der Waals surface area contributed by atoms with Crippen molar-refractivity contribution in [2.75, 3.05) is 0 Å². The Bertz CT molecular complexity index is 600. The van der Waals surface area contributed by atoms with Gasteiger partial charge in [0.15, 0.2) is 0 Å². The summed E-state index contributed by atoms with van der Waals surface area (Å²) in [6, 6.07) is 20.2. The summed E-state index contributed by atoms with van der Waals surface area (Å²) >= 11 is 0. The van der Waals surface area contributed by atoms with Crippen LogP contribution in [0.15, 0.2) is 60.7 Å². The minimum atomic E-state index is 0. The first-order chi connectivity index (χ1) is 8.68. The molecule has 0 aliphatic heterocycles. The Morgan fingerprint density at radius 3 is 2.10 bits per heavy atom. The molecule has 0 atom stereocenters. The number of benzene rings is 2. The number of phenolic OH excluding ortho intramolecular Hbond substituents is 1. The number of aromatic hydroxyl groups is 1. The van der Waals surface area contributed by atoms with Crippen LogP contribution in [0.2, 0.25) is 0 Å². The molecule has 0 aliphatic carbocycles. The molecule has 1 N–H and O–H groups in total. The van der Waals surface area contributed by atoms with Gasteiger partial charge in [-0.15, -0.1) is 29.7 Å². The Balaban J connectivity index is 0. The van der Waals surface area contributed by atoms with Crippen molar-refractivity contribution < 1.29 is 51.6 Å². The Hall–Kier alpha value is -0.856. The van der Waals surface area contributed by atoms with Crippen LogP contribution < -0.4 is 24.8 Å². The molecule has 0 saturated carbocycles. The number of fused-ring (bicyclic) bond motifs is 1. The molecule has 109 valence electrons. The van der Waals surface area contributed by atoms with Crippen molar-refractivity contribution in [2.45, 2.75) is 13.8 Å². The zero-order valence-electron chi connectivity index (χ0n) is 12.0. The van der Waals surface area contributed by atoms with Crippen LogP contribution in [0, 0.1) is 13.8 Å². The topological polar surface area (TPSA) is 20.2 Å². The molecule has 1 radical (unpaired) electrons. The van der Waals surface area contributed by atoms with Crippen molar-refractivity contribution in [1.82, 2.24) is 0 Å². The predicted molar refractivity (Wildman–Crippen MR) is 77.1 cm³/mol. The fourth-order valence-electron chi connectivity index (χ4n) is 1.81. The molecular formula is C17H17Cl2OTi. The normalized spacial score (nSPS) is 8.48. The van der Waals surface area contributed by atoms with Crippen molar-refractivity contribution in [3.63, 3.8) is 0 Å². The quantitative estimate of drug-likeness (QED) is 0.387. The van der Waals surface area contributed by atoms with Gasteiger partial charge in [-0.05, 0) is 31.0 Å². The molecule has 0 bridgehead atoms. The van der Waals surface area contributed by atoms with Gasteiger partial charge in [0, 0.05) is 0 Å². The van der Waals surface area contributed by atoms with Crippen LogP contribution >= 0.6 is 0 Å². The monoisotopic (exact) mass is 355 g/mol. The van der Waals surface area contributed by atoms with E-state index in [2.05, 4.69) is 42.5 Å². The van der Waals surface area contributed by atoms with Crippen LogP contribution in [0.25, 0.3) is 10.8 Å².